The molecule has 0 saturated heterocycles. The highest BCUT2D eigenvalue weighted by Crippen LogP contribution is 2.34. The highest BCUT2D eigenvalue weighted by atomic mass is 79.9. The van der Waals surface area contributed by atoms with Crippen LogP contribution in [-0.2, 0) is 6.54 Å². The molecular formula is C18H18BrNO3. The number of hydrogen-bond donors (Lipinski definition) is 0. The molecule has 0 spiro atoms. The summed E-state index contributed by atoms with van der Waals surface area (Å²) in [7, 11) is 0. The van der Waals surface area contributed by atoms with Crippen LogP contribution in [0.2, 0.25) is 0 Å². The predicted molar refractivity (Wildman–Crippen MR) is 92.0 cm³/mol. The fourth-order valence-corrected chi connectivity index (χ4v) is 3.05. The summed E-state index contributed by atoms with van der Waals surface area (Å²) in [4.78, 5) is 14.6. The molecule has 1 aliphatic heterocycles. The second-order valence-electron chi connectivity index (χ2n) is 5.24. The normalized spacial score (nSPS) is 12.8. The lowest BCUT2D eigenvalue weighted by atomic mass is 10.1. The average Bonchev–Trinajstić information content (AvgIpc) is 2.59. The number of amides is 1. The Bertz CT molecular complexity index is 717. The van der Waals surface area contributed by atoms with Gasteiger partial charge in [-0.2, -0.15) is 0 Å². The van der Waals surface area contributed by atoms with E-state index in [0.29, 0.717) is 31.9 Å². The first kappa shape index (κ1) is 15.9. The highest BCUT2D eigenvalue weighted by Gasteiger charge is 2.21. The molecule has 0 aromatic heterocycles. The Morgan fingerprint density at radius 3 is 2.70 bits per heavy atom. The van der Waals surface area contributed by atoms with Gasteiger partial charge < -0.3 is 14.4 Å². The molecule has 120 valence electrons. The lowest BCUT2D eigenvalue weighted by molar-refractivity contribution is 0.0748. The molecule has 1 heterocycles. The lowest BCUT2D eigenvalue weighted by Gasteiger charge is -2.25. The topological polar surface area (TPSA) is 38.8 Å². The van der Waals surface area contributed by atoms with Crippen molar-refractivity contribution in [1.29, 1.82) is 0 Å². The number of benzene rings is 2. The molecule has 5 heteroatoms. The number of rotatable bonds is 4. The van der Waals surface area contributed by atoms with Gasteiger partial charge in [0.05, 0.1) is 5.56 Å². The molecule has 1 amide bonds. The van der Waals surface area contributed by atoms with Crippen LogP contribution in [0.25, 0.3) is 0 Å². The quantitative estimate of drug-likeness (QED) is 0.813. The fraction of sp³-hybridized carbons (Fsp3) is 0.278. The SMILES string of the molecule is CCN(Cc1cccc2c1OCCO2)C(=O)c1ccccc1Br. The van der Waals surface area contributed by atoms with E-state index in [1.807, 2.05) is 49.4 Å². The lowest BCUT2D eigenvalue weighted by Crippen LogP contribution is -2.31. The number of hydrogen-bond acceptors (Lipinski definition) is 3. The van der Waals surface area contributed by atoms with Gasteiger partial charge in [0.1, 0.15) is 13.2 Å². The van der Waals surface area contributed by atoms with Crippen LogP contribution < -0.4 is 9.47 Å². The number of fused-ring (bicyclic) bond motifs is 1. The minimum atomic E-state index is -0.00527. The van der Waals surface area contributed by atoms with Gasteiger partial charge in [-0.3, -0.25) is 4.79 Å². The summed E-state index contributed by atoms with van der Waals surface area (Å²) in [5, 5.41) is 0. The number of ether oxygens (including phenoxy) is 2. The van der Waals surface area contributed by atoms with Gasteiger partial charge in [0.2, 0.25) is 0 Å². The van der Waals surface area contributed by atoms with E-state index in [1.165, 1.54) is 0 Å². The summed E-state index contributed by atoms with van der Waals surface area (Å²) in [5.74, 6) is 1.49. The highest BCUT2D eigenvalue weighted by molar-refractivity contribution is 9.10. The molecule has 0 unspecified atom stereocenters. The van der Waals surface area contributed by atoms with Crippen molar-refractivity contribution in [1.82, 2.24) is 4.90 Å². The second-order valence-corrected chi connectivity index (χ2v) is 6.09. The summed E-state index contributed by atoms with van der Waals surface area (Å²) >= 11 is 3.45. The van der Waals surface area contributed by atoms with E-state index in [1.54, 1.807) is 4.90 Å². The zero-order valence-corrected chi connectivity index (χ0v) is 14.5. The number of halogens is 1. The third-order valence-corrected chi connectivity index (χ3v) is 4.47. The standard InChI is InChI=1S/C18H18BrNO3/c1-2-20(18(21)14-7-3-4-8-15(14)19)12-13-6-5-9-16-17(13)23-11-10-22-16/h3-9H,2,10-12H2,1H3. The fourth-order valence-electron chi connectivity index (χ4n) is 2.60. The first-order chi connectivity index (χ1) is 11.2. The second kappa shape index (κ2) is 7.04. The smallest absolute Gasteiger partial charge is 0.255 e. The molecule has 0 saturated carbocycles. The summed E-state index contributed by atoms with van der Waals surface area (Å²) in [6, 6.07) is 13.3. The molecule has 2 aromatic carbocycles. The molecule has 4 nitrogen and oxygen atoms in total. The van der Waals surface area contributed by atoms with E-state index in [4.69, 9.17) is 9.47 Å². The summed E-state index contributed by atoms with van der Waals surface area (Å²) in [6.45, 7) is 4.17. The van der Waals surface area contributed by atoms with Gasteiger partial charge in [0, 0.05) is 23.1 Å². The molecule has 2 aromatic rings. The number of para-hydroxylation sites is 1. The van der Waals surface area contributed by atoms with Crippen LogP contribution in [0.3, 0.4) is 0 Å². The minimum absolute atomic E-state index is 0.00527. The molecular weight excluding hydrogens is 358 g/mol. The van der Waals surface area contributed by atoms with Crippen molar-refractivity contribution in [3.63, 3.8) is 0 Å². The van der Waals surface area contributed by atoms with Gasteiger partial charge >= 0.3 is 0 Å². The largest absolute Gasteiger partial charge is 0.486 e. The van der Waals surface area contributed by atoms with E-state index in [9.17, 15) is 4.79 Å². The molecule has 0 radical (unpaired) electrons. The molecule has 0 bridgehead atoms. The first-order valence-electron chi connectivity index (χ1n) is 7.62. The van der Waals surface area contributed by atoms with Crippen LogP contribution in [0.15, 0.2) is 46.9 Å². The first-order valence-corrected chi connectivity index (χ1v) is 8.41. The maximum Gasteiger partial charge on any atom is 0.255 e. The van der Waals surface area contributed by atoms with Crippen LogP contribution in [-0.4, -0.2) is 30.6 Å². The maximum atomic E-state index is 12.8. The Morgan fingerprint density at radius 2 is 1.91 bits per heavy atom. The maximum absolute atomic E-state index is 12.8. The van der Waals surface area contributed by atoms with Crippen LogP contribution in [0.1, 0.15) is 22.8 Å². The van der Waals surface area contributed by atoms with E-state index < -0.39 is 0 Å². The average molecular weight is 376 g/mol. The van der Waals surface area contributed by atoms with Crippen molar-refractivity contribution in [2.75, 3.05) is 19.8 Å². The van der Waals surface area contributed by atoms with Crippen LogP contribution in [0.5, 0.6) is 11.5 Å². The number of carbonyl (C=O) groups is 1. The van der Waals surface area contributed by atoms with Gasteiger partial charge in [0.25, 0.3) is 5.91 Å². The summed E-state index contributed by atoms with van der Waals surface area (Å²) in [5.41, 5.74) is 1.63. The van der Waals surface area contributed by atoms with E-state index in [2.05, 4.69) is 15.9 Å². The predicted octanol–water partition coefficient (Wildman–Crippen LogP) is 3.88. The molecule has 0 fully saturated rings. The number of carbonyl (C=O) groups excluding carboxylic acids is 1. The van der Waals surface area contributed by atoms with Gasteiger partial charge in [0.15, 0.2) is 11.5 Å². The summed E-state index contributed by atoms with van der Waals surface area (Å²) in [6.07, 6.45) is 0. The molecule has 0 atom stereocenters. The third-order valence-electron chi connectivity index (χ3n) is 3.78. The molecule has 3 rings (SSSR count). The van der Waals surface area contributed by atoms with Gasteiger partial charge in [-0.25, -0.2) is 0 Å². The minimum Gasteiger partial charge on any atom is -0.486 e. The third kappa shape index (κ3) is 3.34. The van der Waals surface area contributed by atoms with E-state index in [-0.39, 0.29) is 5.91 Å². The van der Waals surface area contributed by atoms with E-state index >= 15 is 0 Å². The Morgan fingerprint density at radius 1 is 1.13 bits per heavy atom. The van der Waals surface area contributed by atoms with Crippen LogP contribution >= 0.6 is 15.9 Å². The van der Waals surface area contributed by atoms with Crippen molar-refractivity contribution < 1.29 is 14.3 Å². The number of nitrogens with zero attached hydrogens (tertiary/aromatic N) is 1. The molecule has 23 heavy (non-hydrogen) atoms. The zero-order chi connectivity index (χ0) is 16.2. The van der Waals surface area contributed by atoms with Crippen molar-refractivity contribution in [2.24, 2.45) is 0 Å². The Kier molecular flexibility index (Phi) is 4.86. The van der Waals surface area contributed by atoms with Crippen molar-refractivity contribution >= 4 is 21.8 Å². The van der Waals surface area contributed by atoms with Gasteiger partial charge in [-0.05, 0) is 41.1 Å². The molecule has 1 aliphatic rings. The van der Waals surface area contributed by atoms with Crippen LogP contribution in [0.4, 0.5) is 0 Å². The summed E-state index contributed by atoms with van der Waals surface area (Å²) < 4.78 is 12.1. The van der Waals surface area contributed by atoms with Crippen molar-refractivity contribution in [2.45, 2.75) is 13.5 Å². The van der Waals surface area contributed by atoms with Gasteiger partial charge in [-0.15, -0.1) is 0 Å². The van der Waals surface area contributed by atoms with E-state index in [0.717, 1.165) is 21.5 Å². The molecule has 0 N–H and O–H groups in total. The Labute approximate surface area is 144 Å². The van der Waals surface area contributed by atoms with Crippen molar-refractivity contribution in [3.05, 3.63) is 58.1 Å². The Hall–Kier alpha value is -2.01. The zero-order valence-electron chi connectivity index (χ0n) is 12.9. The van der Waals surface area contributed by atoms with Crippen molar-refractivity contribution in [3.8, 4) is 11.5 Å². The van der Waals surface area contributed by atoms with Crippen LogP contribution in [0, 0.1) is 0 Å². The van der Waals surface area contributed by atoms with Gasteiger partial charge in [-0.1, -0.05) is 24.3 Å². The Balaban J connectivity index is 1.86. The molecule has 0 aliphatic carbocycles. The monoisotopic (exact) mass is 375 g/mol.